The fourth-order valence-corrected chi connectivity index (χ4v) is 2.18. The van der Waals surface area contributed by atoms with Gasteiger partial charge in [-0.15, -0.1) is 0 Å². The van der Waals surface area contributed by atoms with Crippen LogP contribution in [-0.2, 0) is 14.3 Å². The van der Waals surface area contributed by atoms with Crippen LogP contribution in [0.25, 0.3) is 0 Å². The molecule has 2 unspecified atom stereocenters. The van der Waals surface area contributed by atoms with Gasteiger partial charge in [-0.2, -0.15) is 0 Å². The van der Waals surface area contributed by atoms with Crippen molar-refractivity contribution in [3.63, 3.8) is 0 Å². The van der Waals surface area contributed by atoms with Crippen LogP contribution in [0.5, 0.6) is 0 Å². The van der Waals surface area contributed by atoms with Gasteiger partial charge in [0.1, 0.15) is 0 Å². The number of nitrogens with one attached hydrogen (secondary N) is 1. The lowest BCUT2D eigenvalue weighted by atomic mass is 10.1. The highest BCUT2D eigenvalue weighted by Gasteiger charge is 2.30. The van der Waals surface area contributed by atoms with Crippen molar-refractivity contribution in [1.29, 1.82) is 0 Å². The Morgan fingerprint density at radius 2 is 2.19 bits per heavy atom. The number of carboxylic acids is 1. The van der Waals surface area contributed by atoms with Crippen LogP contribution in [0, 0.1) is 5.92 Å². The van der Waals surface area contributed by atoms with Gasteiger partial charge < -0.3 is 24.8 Å². The maximum absolute atomic E-state index is 12.4. The largest absolute Gasteiger partial charge is 0.481 e. The second kappa shape index (κ2) is 8.84. The smallest absolute Gasteiger partial charge is 0.318 e. The number of amides is 2. The summed E-state index contributed by atoms with van der Waals surface area (Å²) in [6.07, 6.45) is -0.106. The van der Waals surface area contributed by atoms with E-state index < -0.39 is 12.0 Å². The predicted octanol–water partition coefficient (Wildman–Crippen LogP) is 0.933. The van der Waals surface area contributed by atoms with E-state index >= 15 is 0 Å². The van der Waals surface area contributed by atoms with Gasteiger partial charge in [-0.05, 0) is 12.8 Å². The summed E-state index contributed by atoms with van der Waals surface area (Å²) in [6, 6.07) is -0.759. The highest BCUT2D eigenvalue weighted by atomic mass is 16.5. The highest BCUT2D eigenvalue weighted by Crippen LogP contribution is 2.12. The maximum Gasteiger partial charge on any atom is 0.318 e. The standard InChI is InChI=1S/C14H26N2O5/c1-4-20-9-12(10(2)3)15-14(19)16-5-6-21-8-11(16)7-13(17)18/h10-12H,4-9H2,1-3H3,(H,15,19)(H,17,18). The first kappa shape index (κ1) is 17.7. The van der Waals surface area contributed by atoms with Gasteiger partial charge in [0.05, 0.1) is 38.3 Å². The molecule has 122 valence electrons. The van der Waals surface area contributed by atoms with Gasteiger partial charge in [0.25, 0.3) is 0 Å². The van der Waals surface area contributed by atoms with E-state index in [-0.39, 0.29) is 31.0 Å². The minimum atomic E-state index is -0.932. The van der Waals surface area contributed by atoms with Gasteiger partial charge in [0.2, 0.25) is 0 Å². The van der Waals surface area contributed by atoms with Gasteiger partial charge in [0, 0.05) is 13.2 Å². The molecule has 7 nitrogen and oxygen atoms in total. The van der Waals surface area contributed by atoms with Crippen LogP contribution in [0.4, 0.5) is 4.79 Å². The van der Waals surface area contributed by atoms with Crippen molar-refractivity contribution in [2.75, 3.05) is 33.0 Å². The molecule has 1 aliphatic heterocycles. The Morgan fingerprint density at radius 1 is 1.48 bits per heavy atom. The summed E-state index contributed by atoms with van der Waals surface area (Å²) in [5.74, 6) is -0.697. The van der Waals surface area contributed by atoms with Crippen molar-refractivity contribution in [3.8, 4) is 0 Å². The number of hydrogen-bond donors (Lipinski definition) is 2. The van der Waals surface area contributed by atoms with E-state index in [0.717, 1.165) is 0 Å². The Hall–Kier alpha value is -1.34. The summed E-state index contributed by atoms with van der Waals surface area (Å²) in [4.78, 5) is 24.8. The molecule has 0 aromatic rings. The van der Waals surface area contributed by atoms with Crippen molar-refractivity contribution in [1.82, 2.24) is 10.2 Å². The lowest BCUT2D eigenvalue weighted by Gasteiger charge is -2.36. The van der Waals surface area contributed by atoms with Crippen molar-refractivity contribution in [2.24, 2.45) is 5.92 Å². The quantitative estimate of drug-likeness (QED) is 0.730. The number of carbonyl (C=O) groups excluding carboxylic acids is 1. The number of urea groups is 1. The fourth-order valence-electron chi connectivity index (χ4n) is 2.18. The van der Waals surface area contributed by atoms with Crippen LogP contribution < -0.4 is 5.32 Å². The third kappa shape index (κ3) is 5.89. The Labute approximate surface area is 125 Å². The Balaban J connectivity index is 2.62. The Bertz CT molecular complexity index is 348. The van der Waals surface area contributed by atoms with E-state index in [0.29, 0.717) is 26.4 Å². The average Bonchev–Trinajstić information content (AvgIpc) is 2.42. The third-order valence-electron chi connectivity index (χ3n) is 3.51. The summed E-state index contributed by atoms with van der Waals surface area (Å²) in [6.45, 7) is 8.08. The number of aliphatic carboxylic acids is 1. The van der Waals surface area contributed by atoms with Gasteiger partial charge >= 0.3 is 12.0 Å². The van der Waals surface area contributed by atoms with E-state index in [4.69, 9.17) is 14.6 Å². The fraction of sp³-hybridized carbons (Fsp3) is 0.857. The van der Waals surface area contributed by atoms with Crippen LogP contribution in [-0.4, -0.2) is 67.1 Å². The number of hydrogen-bond acceptors (Lipinski definition) is 4. The molecule has 1 rings (SSSR count). The SMILES string of the molecule is CCOCC(NC(=O)N1CCOCC1CC(=O)O)C(C)C. The molecule has 1 saturated heterocycles. The normalized spacial score (nSPS) is 20.4. The molecule has 21 heavy (non-hydrogen) atoms. The molecule has 0 saturated carbocycles. The van der Waals surface area contributed by atoms with Gasteiger partial charge in [-0.25, -0.2) is 4.79 Å². The van der Waals surface area contributed by atoms with Crippen LogP contribution in [0.1, 0.15) is 27.2 Å². The maximum atomic E-state index is 12.4. The molecule has 0 bridgehead atoms. The van der Waals surface area contributed by atoms with E-state index in [9.17, 15) is 9.59 Å². The Morgan fingerprint density at radius 3 is 2.76 bits per heavy atom. The molecule has 7 heteroatoms. The highest BCUT2D eigenvalue weighted by molar-refractivity contribution is 5.76. The molecule has 0 radical (unpaired) electrons. The monoisotopic (exact) mass is 302 g/mol. The molecule has 0 spiro atoms. The van der Waals surface area contributed by atoms with Gasteiger partial charge in [0.15, 0.2) is 0 Å². The zero-order chi connectivity index (χ0) is 15.8. The summed E-state index contributed by atoms with van der Waals surface area (Å²) < 4.78 is 10.7. The number of carboxylic acid groups (broad SMARTS) is 1. The number of rotatable bonds is 7. The molecule has 0 aromatic carbocycles. The molecule has 2 N–H and O–H groups in total. The number of carbonyl (C=O) groups is 2. The zero-order valence-corrected chi connectivity index (χ0v) is 13.0. The first-order valence-corrected chi connectivity index (χ1v) is 7.40. The minimum absolute atomic E-state index is 0.0919. The van der Waals surface area contributed by atoms with Crippen molar-refractivity contribution in [3.05, 3.63) is 0 Å². The van der Waals surface area contributed by atoms with Crippen LogP contribution in [0.15, 0.2) is 0 Å². The number of nitrogens with zero attached hydrogens (tertiary/aromatic N) is 1. The molecule has 0 aliphatic carbocycles. The predicted molar refractivity (Wildman–Crippen MR) is 77.2 cm³/mol. The van der Waals surface area contributed by atoms with E-state index in [2.05, 4.69) is 5.32 Å². The van der Waals surface area contributed by atoms with Gasteiger partial charge in [-0.3, -0.25) is 4.79 Å². The molecule has 2 atom stereocenters. The van der Waals surface area contributed by atoms with Gasteiger partial charge in [-0.1, -0.05) is 13.8 Å². The average molecular weight is 302 g/mol. The molecule has 1 fully saturated rings. The van der Waals surface area contributed by atoms with E-state index in [1.54, 1.807) is 4.90 Å². The van der Waals surface area contributed by atoms with Crippen LogP contribution in [0.3, 0.4) is 0 Å². The topological polar surface area (TPSA) is 88.1 Å². The number of ether oxygens (including phenoxy) is 2. The Kier molecular flexibility index (Phi) is 7.45. The lowest BCUT2D eigenvalue weighted by molar-refractivity contribution is -0.139. The molecule has 1 aliphatic rings. The second-order valence-electron chi connectivity index (χ2n) is 5.48. The molecular formula is C14H26N2O5. The molecular weight excluding hydrogens is 276 g/mol. The molecule has 0 aromatic heterocycles. The first-order chi connectivity index (χ1) is 9.95. The molecule has 2 amide bonds. The van der Waals surface area contributed by atoms with Crippen molar-refractivity contribution in [2.45, 2.75) is 39.3 Å². The zero-order valence-electron chi connectivity index (χ0n) is 13.0. The second-order valence-corrected chi connectivity index (χ2v) is 5.48. The van der Waals surface area contributed by atoms with Crippen molar-refractivity contribution >= 4 is 12.0 Å². The lowest BCUT2D eigenvalue weighted by Crippen LogP contribution is -2.56. The number of morpholine rings is 1. The summed E-state index contributed by atoms with van der Waals surface area (Å²) in [5, 5.41) is 11.9. The van der Waals surface area contributed by atoms with Crippen molar-refractivity contribution < 1.29 is 24.2 Å². The van der Waals surface area contributed by atoms with Crippen LogP contribution >= 0.6 is 0 Å². The summed E-state index contributed by atoms with van der Waals surface area (Å²) >= 11 is 0. The minimum Gasteiger partial charge on any atom is -0.481 e. The summed E-state index contributed by atoms with van der Waals surface area (Å²) in [5.41, 5.74) is 0. The third-order valence-corrected chi connectivity index (χ3v) is 3.51. The first-order valence-electron chi connectivity index (χ1n) is 7.40. The van der Waals surface area contributed by atoms with E-state index in [1.807, 2.05) is 20.8 Å². The van der Waals surface area contributed by atoms with E-state index in [1.165, 1.54) is 0 Å². The van der Waals surface area contributed by atoms with Crippen LogP contribution in [0.2, 0.25) is 0 Å². The summed E-state index contributed by atoms with van der Waals surface area (Å²) in [7, 11) is 0. The molecule has 1 heterocycles.